The average molecular weight is 273 g/mol. The number of unbranched alkanes of at least 4 members (excludes halogenated alkanes) is 2. The van der Waals surface area contributed by atoms with E-state index in [1.165, 1.54) is 16.8 Å². The maximum Gasteiger partial charge on any atom is 0.303 e. The number of carboxylic acids is 1. The molecular formula is C17H23NO2. The van der Waals surface area contributed by atoms with Gasteiger partial charge in [-0.1, -0.05) is 37.5 Å². The number of aryl methyl sites for hydroxylation is 1. The Hall–Kier alpha value is -1.64. The smallest absolute Gasteiger partial charge is 0.303 e. The Morgan fingerprint density at radius 1 is 1.25 bits per heavy atom. The van der Waals surface area contributed by atoms with Gasteiger partial charge in [-0.3, -0.25) is 9.79 Å². The summed E-state index contributed by atoms with van der Waals surface area (Å²) in [4.78, 5) is 15.2. The number of fused-ring (bicyclic) bond motifs is 1. The molecule has 0 aliphatic carbocycles. The summed E-state index contributed by atoms with van der Waals surface area (Å²) in [7, 11) is 0. The van der Waals surface area contributed by atoms with Crippen LogP contribution in [0.3, 0.4) is 0 Å². The molecule has 0 amide bonds. The summed E-state index contributed by atoms with van der Waals surface area (Å²) >= 11 is 0. The van der Waals surface area contributed by atoms with Gasteiger partial charge in [-0.25, -0.2) is 0 Å². The molecular weight excluding hydrogens is 250 g/mol. The molecule has 1 heterocycles. The van der Waals surface area contributed by atoms with E-state index in [0.29, 0.717) is 0 Å². The van der Waals surface area contributed by atoms with Gasteiger partial charge >= 0.3 is 5.97 Å². The number of hydrogen-bond acceptors (Lipinski definition) is 2. The first kappa shape index (κ1) is 14.8. The van der Waals surface area contributed by atoms with Gasteiger partial charge in [0.2, 0.25) is 0 Å². The van der Waals surface area contributed by atoms with Crippen LogP contribution in [0.2, 0.25) is 0 Å². The van der Waals surface area contributed by atoms with Gasteiger partial charge in [-0.05, 0) is 38.3 Å². The van der Waals surface area contributed by atoms with Crippen molar-refractivity contribution in [2.75, 3.05) is 0 Å². The molecule has 1 aromatic rings. The lowest BCUT2D eigenvalue weighted by molar-refractivity contribution is -0.137. The SMILES string of the molecule is CC1=Nc2ccc(C)cc2C1(C)CCCCCC(=O)O. The van der Waals surface area contributed by atoms with Crippen LogP contribution in [-0.4, -0.2) is 16.8 Å². The van der Waals surface area contributed by atoms with Crippen molar-refractivity contribution in [1.29, 1.82) is 0 Å². The van der Waals surface area contributed by atoms with Gasteiger partial charge in [0, 0.05) is 17.5 Å². The van der Waals surface area contributed by atoms with E-state index in [4.69, 9.17) is 10.1 Å². The highest BCUT2D eigenvalue weighted by Crippen LogP contribution is 2.43. The first-order valence-corrected chi connectivity index (χ1v) is 7.32. The maximum absolute atomic E-state index is 10.5. The monoisotopic (exact) mass is 273 g/mol. The van der Waals surface area contributed by atoms with Crippen LogP contribution in [0.5, 0.6) is 0 Å². The quantitative estimate of drug-likeness (QED) is 0.781. The van der Waals surface area contributed by atoms with E-state index in [-0.39, 0.29) is 11.8 Å². The van der Waals surface area contributed by atoms with Gasteiger partial charge in [0.15, 0.2) is 0 Å². The summed E-state index contributed by atoms with van der Waals surface area (Å²) < 4.78 is 0. The fourth-order valence-corrected chi connectivity index (χ4v) is 2.94. The van der Waals surface area contributed by atoms with Gasteiger partial charge in [0.1, 0.15) is 0 Å². The molecule has 1 aliphatic rings. The Morgan fingerprint density at radius 3 is 2.70 bits per heavy atom. The normalized spacial score (nSPS) is 20.6. The molecule has 1 aliphatic heterocycles. The molecule has 1 aromatic carbocycles. The van der Waals surface area contributed by atoms with Gasteiger partial charge in [0.25, 0.3) is 0 Å². The summed E-state index contributed by atoms with van der Waals surface area (Å²) in [6.45, 7) is 6.47. The Balaban J connectivity index is 2.02. The fraction of sp³-hybridized carbons (Fsp3) is 0.529. The lowest BCUT2D eigenvalue weighted by Crippen LogP contribution is -2.27. The summed E-state index contributed by atoms with van der Waals surface area (Å²) in [6.07, 6.45) is 4.10. The first-order valence-electron chi connectivity index (χ1n) is 7.32. The lowest BCUT2D eigenvalue weighted by Gasteiger charge is -2.26. The van der Waals surface area contributed by atoms with E-state index >= 15 is 0 Å². The Bertz CT molecular complexity index is 548. The van der Waals surface area contributed by atoms with Crippen molar-refractivity contribution in [3.8, 4) is 0 Å². The molecule has 0 aromatic heterocycles. The number of aliphatic imine (C=N–C) groups is 1. The van der Waals surface area contributed by atoms with Crippen LogP contribution >= 0.6 is 0 Å². The van der Waals surface area contributed by atoms with E-state index in [0.717, 1.165) is 31.4 Å². The summed E-state index contributed by atoms with van der Waals surface area (Å²) in [6, 6.07) is 6.45. The van der Waals surface area contributed by atoms with E-state index < -0.39 is 5.97 Å². The van der Waals surface area contributed by atoms with E-state index in [1.54, 1.807) is 0 Å². The van der Waals surface area contributed by atoms with E-state index in [2.05, 4.69) is 39.0 Å². The van der Waals surface area contributed by atoms with Crippen molar-refractivity contribution in [2.45, 2.75) is 58.3 Å². The third-order valence-electron chi connectivity index (χ3n) is 4.40. The number of hydrogen-bond donors (Lipinski definition) is 1. The molecule has 3 heteroatoms. The number of carbonyl (C=O) groups is 1. The molecule has 3 nitrogen and oxygen atoms in total. The van der Waals surface area contributed by atoms with Crippen molar-refractivity contribution < 1.29 is 9.90 Å². The van der Waals surface area contributed by atoms with E-state index in [9.17, 15) is 4.79 Å². The maximum atomic E-state index is 10.5. The summed E-state index contributed by atoms with van der Waals surface area (Å²) in [5.41, 5.74) is 4.89. The van der Waals surface area contributed by atoms with Crippen LogP contribution in [-0.2, 0) is 10.2 Å². The second kappa shape index (κ2) is 5.78. The van der Waals surface area contributed by atoms with Gasteiger partial charge in [-0.15, -0.1) is 0 Å². The average Bonchev–Trinajstić information content (AvgIpc) is 2.62. The van der Waals surface area contributed by atoms with Crippen LogP contribution in [0.4, 0.5) is 5.69 Å². The highest BCUT2D eigenvalue weighted by Gasteiger charge is 2.36. The Kier molecular flexibility index (Phi) is 4.26. The predicted molar refractivity (Wildman–Crippen MR) is 82.0 cm³/mol. The van der Waals surface area contributed by atoms with Crippen molar-refractivity contribution in [1.82, 2.24) is 0 Å². The van der Waals surface area contributed by atoms with Crippen molar-refractivity contribution in [3.05, 3.63) is 29.3 Å². The number of nitrogens with zero attached hydrogens (tertiary/aromatic N) is 1. The standard InChI is InChI=1S/C17H23NO2/c1-12-8-9-15-14(11-12)17(3,13(2)18-15)10-6-4-5-7-16(19)20/h8-9,11H,4-7,10H2,1-3H3,(H,19,20). The minimum atomic E-state index is -0.698. The second-order valence-electron chi connectivity index (χ2n) is 6.00. The molecule has 0 radical (unpaired) electrons. The molecule has 1 N–H and O–H groups in total. The summed E-state index contributed by atoms with van der Waals surface area (Å²) in [5.74, 6) is -0.698. The van der Waals surface area contributed by atoms with Crippen LogP contribution in [0.25, 0.3) is 0 Å². The Morgan fingerprint density at radius 2 is 2.00 bits per heavy atom. The second-order valence-corrected chi connectivity index (χ2v) is 6.00. The van der Waals surface area contributed by atoms with Crippen molar-refractivity contribution in [3.63, 3.8) is 0 Å². The van der Waals surface area contributed by atoms with Crippen LogP contribution in [0, 0.1) is 6.92 Å². The zero-order valence-corrected chi connectivity index (χ0v) is 12.6. The minimum absolute atomic E-state index is 0.0184. The molecule has 108 valence electrons. The minimum Gasteiger partial charge on any atom is -0.481 e. The van der Waals surface area contributed by atoms with Gasteiger partial charge < -0.3 is 5.11 Å². The molecule has 0 bridgehead atoms. The Labute approximate surface area is 120 Å². The number of benzene rings is 1. The predicted octanol–water partition coefficient (Wildman–Crippen LogP) is 4.39. The molecule has 1 atom stereocenters. The highest BCUT2D eigenvalue weighted by atomic mass is 16.4. The summed E-state index contributed by atoms with van der Waals surface area (Å²) in [5, 5.41) is 8.66. The molecule has 2 rings (SSSR count). The fourth-order valence-electron chi connectivity index (χ4n) is 2.94. The van der Waals surface area contributed by atoms with Crippen LogP contribution < -0.4 is 0 Å². The number of carboxylic acid groups (broad SMARTS) is 1. The van der Waals surface area contributed by atoms with E-state index in [1.807, 2.05) is 0 Å². The molecule has 20 heavy (non-hydrogen) atoms. The first-order chi connectivity index (χ1) is 9.43. The molecule has 0 spiro atoms. The molecule has 1 unspecified atom stereocenters. The lowest BCUT2D eigenvalue weighted by atomic mass is 9.75. The number of rotatable bonds is 6. The third-order valence-corrected chi connectivity index (χ3v) is 4.40. The molecule has 0 saturated carbocycles. The molecule has 0 fully saturated rings. The van der Waals surface area contributed by atoms with Gasteiger partial charge in [-0.2, -0.15) is 0 Å². The zero-order valence-electron chi connectivity index (χ0n) is 12.6. The topological polar surface area (TPSA) is 49.7 Å². The van der Waals surface area contributed by atoms with Gasteiger partial charge in [0.05, 0.1) is 5.69 Å². The van der Waals surface area contributed by atoms with Crippen molar-refractivity contribution >= 4 is 17.4 Å². The molecule has 0 saturated heterocycles. The largest absolute Gasteiger partial charge is 0.481 e. The number of aliphatic carboxylic acids is 1. The van der Waals surface area contributed by atoms with Crippen LogP contribution in [0.15, 0.2) is 23.2 Å². The van der Waals surface area contributed by atoms with Crippen LogP contribution in [0.1, 0.15) is 57.1 Å². The van der Waals surface area contributed by atoms with Crippen molar-refractivity contribution in [2.24, 2.45) is 4.99 Å². The third kappa shape index (κ3) is 2.92. The highest BCUT2D eigenvalue weighted by molar-refractivity contribution is 5.99. The zero-order chi connectivity index (χ0) is 14.8.